The summed E-state index contributed by atoms with van der Waals surface area (Å²) in [5, 5.41) is 6.23. The third-order valence-electron chi connectivity index (χ3n) is 9.54. The second kappa shape index (κ2) is 12.1. The number of benzene rings is 6. The van der Waals surface area contributed by atoms with Crippen molar-refractivity contribution in [2.45, 2.75) is 0 Å². The monoisotopic (exact) mass is 668 g/mol. The highest BCUT2D eigenvalue weighted by molar-refractivity contribution is 7.26. The summed E-state index contributed by atoms with van der Waals surface area (Å²) >= 11 is 1.87. The van der Waals surface area contributed by atoms with E-state index in [9.17, 15) is 0 Å². The van der Waals surface area contributed by atoms with Crippen molar-refractivity contribution in [3.63, 3.8) is 0 Å². The van der Waals surface area contributed by atoms with E-state index < -0.39 is 0 Å². The van der Waals surface area contributed by atoms with Crippen molar-refractivity contribution in [2.24, 2.45) is 0 Å². The molecule has 0 atom stereocenters. The fraction of sp³-hybridized carbons (Fsp3) is 0. The standard InChI is InChI=1S/C46H28N4S/c1-2-11-31(12-3-1)46-49-40(28-41(50-46)39-18-8-9-26-47-39)30-22-20-29(21-23-30)32-13-10-14-33(27-32)44-37-25-24-35-34-15-5-7-19-42(34)51-45(35)43(37)36-16-4-6-17-38(36)48-44/h1-28H. The lowest BCUT2D eigenvalue weighted by Crippen LogP contribution is -1.96. The average molecular weight is 669 g/mol. The van der Waals surface area contributed by atoms with E-state index in [4.69, 9.17) is 15.0 Å². The molecule has 6 aromatic carbocycles. The largest absolute Gasteiger partial charge is 0.255 e. The Morgan fingerprint density at radius 2 is 1.10 bits per heavy atom. The summed E-state index contributed by atoms with van der Waals surface area (Å²) in [4.78, 5) is 19.7. The van der Waals surface area contributed by atoms with E-state index in [-0.39, 0.29) is 0 Å². The summed E-state index contributed by atoms with van der Waals surface area (Å²) in [5.74, 6) is 0.675. The molecule has 10 aromatic rings. The fourth-order valence-electron chi connectivity index (χ4n) is 7.07. The fourth-order valence-corrected chi connectivity index (χ4v) is 8.34. The third kappa shape index (κ3) is 5.14. The summed E-state index contributed by atoms with van der Waals surface area (Å²) in [6.45, 7) is 0. The number of para-hydroxylation sites is 1. The second-order valence-corrected chi connectivity index (χ2v) is 13.7. The van der Waals surface area contributed by atoms with Crippen LogP contribution in [-0.2, 0) is 0 Å². The molecule has 0 N–H and O–H groups in total. The number of rotatable bonds is 5. The Balaban J connectivity index is 1.07. The van der Waals surface area contributed by atoms with E-state index in [1.165, 1.54) is 36.3 Å². The van der Waals surface area contributed by atoms with Gasteiger partial charge in [-0.15, -0.1) is 11.3 Å². The van der Waals surface area contributed by atoms with Crippen LogP contribution in [0, 0.1) is 0 Å². The molecule has 0 aliphatic heterocycles. The molecule has 0 amide bonds. The van der Waals surface area contributed by atoms with Gasteiger partial charge in [-0.1, -0.05) is 127 Å². The van der Waals surface area contributed by atoms with E-state index in [1.807, 2.05) is 65.9 Å². The Morgan fingerprint density at radius 3 is 1.96 bits per heavy atom. The van der Waals surface area contributed by atoms with Crippen LogP contribution in [0.15, 0.2) is 170 Å². The van der Waals surface area contributed by atoms with Gasteiger partial charge in [0.25, 0.3) is 0 Å². The third-order valence-corrected chi connectivity index (χ3v) is 10.7. The van der Waals surface area contributed by atoms with Crippen LogP contribution in [0.4, 0.5) is 0 Å². The predicted octanol–water partition coefficient (Wildman–Crippen LogP) is 12.3. The molecule has 5 heteroatoms. The predicted molar refractivity (Wildman–Crippen MR) is 213 cm³/mol. The summed E-state index contributed by atoms with van der Waals surface area (Å²) in [7, 11) is 0. The lowest BCUT2D eigenvalue weighted by Gasteiger charge is -2.13. The van der Waals surface area contributed by atoms with Crippen molar-refractivity contribution in [1.29, 1.82) is 0 Å². The first-order valence-corrected chi connectivity index (χ1v) is 17.8. The maximum absolute atomic E-state index is 5.27. The van der Waals surface area contributed by atoms with E-state index in [0.29, 0.717) is 5.82 Å². The Bertz CT molecular complexity index is 2840. The molecule has 0 bridgehead atoms. The highest BCUT2D eigenvalue weighted by atomic mass is 32.1. The maximum Gasteiger partial charge on any atom is 0.160 e. The molecule has 51 heavy (non-hydrogen) atoms. The molecule has 0 aliphatic carbocycles. The van der Waals surface area contributed by atoms with Crippen molar-refractivity contribution in [3.8, 4) is 56.4 Å². The Hall–Kier alpha value is -6.56. The van der Waals surface area contributed by atoms with Gasteiger partial charge in [-0.3, -0.25) is 4.98 Å². The first kappa shape index (κ1) is 29.4. The van der Waals surface area contributed by atoms with Gasteiger partial charge in [0.1, 0.15) is 0 Å². The summed E-state index contributed by atoms with van der Waals surface area (Å²) < 4.78 is 2.62. The SMILES string of the molecule is c1ccc(-c2nc(-c3ccc(-c4cccc(-c5nc6ccccc6c6c5ccc5c7ccccc7sc56)c4)cc3)cc(-c3ccccn3)n2)cc1. The van der Waals surface area contributed by atoms with Gasteiger partial charge < -0.3 is 0 Å². The quantitative estimate of drug-likeness (QED) is 0.171. The van der Waals surface area contributed by atoms with Gasteiger partial charge in [-0.2, -0.15) is 0 Å². The minimum Gasteiger partial charge on any atom is -0.255 e. The molecule has 10 rings (SSSR count). The second-order valence-electron chi connectivity index (χ2n) is 12.6. The number of fused-ring (bicyclic) bond motifs is 7. The first-order chi connectivity index (χ1) is 25.3. The molecule has 4 heterocycles. The summed E-state index contributed by atoms with van der Waals surface area (Å²) in [5.41, 5.74) is 9.79. The van der Waals surface area contributed by atoms with E-state index in [0.717, 1.165) is 56.1 Å². The molecule has 0 saturated heterocycles. The Kier molecular flexibility index (Phi) is 6.96. The van der Waals surface area contributed by atoms with Gasteiger partial charge in [-0.05, 0) is 47.5 Å². The van der Waals surface area contributed by atoms with Crippen LogP contribution >= 0.6 is 11.3 Å². The molecular weight excluding hydrogens is 641 g/mol. The topological polar surface area (TPSA) is 51.6 Å². The van der Waals surface area contributed by atoms with E-state index in [1.54, 1.807) is 6.20 Å². The zero-order valence-electron chi connectivity index (χ0n) is 27.4. The van der Waals surface area contributed by atoms with Crippen molar-refractivity contribution in [1.82, 2.24) is 19.9 Å². The van der Waals surface area contributed by atoms with Crippen LogP contribution in [0.2, 0.25) is 0 Å². The van der Waals surface area contributed by atoms with Crippen LogP contribution in [0.5, 0.6) is 0 Å². The van der Waals surface area contributed by atoms with Crippen molar-refractivity contribution in [2.75, 3.05) is 0 Å². The number of aromatic nitrogens is 4. The number of thiophene rings is 1. The highest BCUT2D eigenvalue weighted by Gasteiger charge is 2.17. The van der Waals surface area contributed by atoms with Gasteiger partial charge in [0.05, 0.1) is 28.3 Å². The maximum atomic E-state index is 5.27. The van der Waals surface area contributed by atoms with Gasteiger partial charge in [0.2, 0.25) is 0 Å². The molecule has 0 saturated carbocycles. The lowest BCUT2D eigenvalue weighted by atomic mass is 9.95. The molecule has 4 aromatic heterocycles. The normalized spacial score (nSPS) is 11.5. The van der Waals surface area contributed by atoms with Crippen LogP contribution in [0.25, 0.3) is 98.3 Å². The van der Waals surface area contributed by atoms with Crippen LogP contribution < -0.4 is 0 Å². The van der Waals surface area contributed by atoms with Gasteiger partial charge >= 0.3 is 0 Å². The summed E-state index contributed by atoms with van der Waals surface area (Å²) in [6, 6.07) is 57.1. The average Bonchev–Trinajstić information content (AvgIpc) is 3.60. The van der Waals surface area contributed by atoms with Crippen molar-refractivity contribution < 1.29 is 0 Å². The van der Waals surface area contributed by atoms with Crippen LogP contribution in [-0.4, -0.2) is 19.9 Å². The van der Waals surface area contributed by atoms with Crippen molar-refractivity contribution in [3.05, 3.63) is 170 Å². The number of pyridine rings is 2. The minimum atomic E-state index is 0.675. The summed E-state index contributed by atoms with van der Waals surface area (Å²) in [6.07, 6.45) is 1.79. The Labute approximate surface area is 298 Å². The van der Waals surface area contributed by atoms with E-state index in [2.05, 4.69) is 114 Å². The minimum absolute atomic E-state index is 0.675. The van der Waals surface area contributed by atoms with Gasteiger partial charge in [0, 0.05) is 59.2 Å². The number of nitrogens with zero attached hydrogens (tertiary/aromatic N) is 4. The first-order valence-electron chi connectivity index (χ1n) is 17.0. The molecule has 0 unspecified atom stereocenters. The van der Waals surface area contributed by atoms with Crippen LogP contribution in [0.1, 0.15) is 0 Å². The molecule has 4 nitrogen and oxygen atoms in total. The molecule has 0 radical (unpaired) electrons. The zero-order valence-corrected chi connectivity index (χ0v) is 28.2. The molecule has 0 fully saturated rings. The van der Waals surface area contributed by atoms with Crippen molar-refractivity contribution >= 4 is 53.2 Å². The molecule has 0 spiro atoms. The smallest absolute Gasteiger partial charge is 0.160 e. The molecule has 238 valence electrons. The van der Waals surface area contributed by atoms with E-state index >= 15 is 0 Å². The zero-order chi connectivity index (χ0) is 33.7. The Morgan fingerprint density at radius 1 is 0.392 bits per heavy atom. The van der Waals surface area contributed by atoms with Crippen LogP contribution in [0.3, 0.4) is 0 Å². The van der Waals surface area contributed by atoms with Gasteiger partial charge in [-0.25, -0.2) is 15.0 Å². The lowest BCUT2D eigenvalue weighted by molar-refractivity contribution is 1.16. The molecule has 0 aliphatic rings. The number of hydrogen-bond donors (Lipinski definition) is 0. The van der Waals surface area contributed by atoms with Gasteiger partial charge in [0.15, 0.2) is 5.82 Å². The molecular formula is C46H28N4S. The number of hydrogen-bond acceptors (Lipinski definition) is 5. The highest BCUT2D eigenvalue weighted by Crippen LogP contribution is 2.43.